The number of quaternary nitrogens is 1. The summed E-state index contributed by atoms with van der Waals surface area (Å²) >= 11 is 1.65. The van der Waals surface area contributed by atoms with E-state index in [9.17, 15) is 4.79 Å². The summed E-state index contributed by atoms with van der Waals surface area (Å²) in [4.78, 5) is 15.0. The molecule has 1 amide bonds. The van der Waals surface area contributed by atoms with Gasteiger partial charge in [0.2, 0.25) is 0 Å². The number of hydrogen-bond acceptors (Lipinski definition) is 4. The zero-order valence-corrected chi connectivity index (χ0v) is 17.8. The molecule has 0 spiro atoms. The summed E-state index contributed by atoms with van der Waals surface area (Å²) in [5.41, 5.74) is 2.12. The maximum absolute atomic E-state index is 12.8. The van der Waals surface area contributed by atoms with Crippen LogP contribution in [-0.4, -0.2) is 33.7 Å². The van der Waals surface area contributed by atoms with Crippen molar-refractivity contribution in [3.63, 3.8) is 0 Å². The molecule has 0 fully saturated rings. The van der Waals surface area contributed by atoms with Gasteiger partial charge in [0.05, 0.1) is 27.3 Å². The second-order valence-corrected chi connectivity index (χ2v) is 7.89. The van der Waals surface area contributed by atoms with Crippen molar-refractivity contribution in [1.82, 2.24) is 5.32 Å². The van der Waals surface area contributed by atoms with Gasteiger partial charge in [-0.1, -0.05) is 36.4 Å². The van der Waals surface area contributed by atoms with E-state index in [-0.39, 0.29) is 11.9 Å². The van der Waals surface area contributed by atoms with E-state index in [0.717, 1.165) is 32.4 Å². The summed E-state index contributed by atoms with van der Waals surface area (Å²) in [6.07, 6.45) is 0. The highest BCUT2D eigenvalue weighted by Gasteiger charge is 2.20. The van der Waals surface area contributed by atoms with Crippen LogP contribution in [0.3, 0.4) is 0 Å². The van der Waals surface area contributed by atoms with E-state index in [0.29, 0.717) is 13.1 Å². The van der Waals surface area contributed by atoms with Gasteiger partial charge in [0.1, 0.15) is 18.0 Å². The Balaban J connectivity index is 1.66. The van der Waals surface area contributed by atoms with Crippen LogP contribution in [0.15, 0.2) is 66.0 Å². The SMILES string of the molecule is COc1ccc(C[NH+](C)CC(=O)N[C@H](c2ccccc2)c2cccs2)c(OC)c1. The molecule has 152 valence electrons. The number of thiophene rings is 1. The van der Waals surface area contributed by atoms with Gasteiger partial charge in [-0.05, 0) is 29.1 Å². The second-order valence-electron chi connectivity index (χ2n) is 6.92. The summed E-state index contributed by atoms with van der Waals surface area (Å²) in [5.74, 6) is 1.53. The van der Waals surface area contributed by atoms with Gasteiger partial charge in [0.15, 0.2) is 6.54 Å². The summed E-state index contributed by atoms with van der Waals surface area (Å²) in [5, 5.41) is 5.23. The highest BCUT2D eigenvalue weighted by molar-refractivity contribution is 7.10. The molecule has 0 bridgehead atoms. The summed E-state index contributed by atoms with van der Waals surface area (Å²) in [6.45, 7) is 1.04. The first kappa shape index (κ1) is 20.9. The fourth-order valence-corrected chi connectivity index (χ4v) is 4.09. The fraction of sp³-hybridized carbons (Fsp3) is 0.261. The Hall–Kier alpha value is -2.83. The van der Waals surface area contributed by atoms with E-state index in [1.807, 2.05) is 67.0 Å². The number of ether oxygens (including phenoxy) is 2. The Morgan fingerprint density at radius 2 is 1.86 bits per heavy atom. The smallest absolute Gasteiger partial charge is 0.275 e. The zero-order valence-electron chi connectivity index (χ0n) is 17.0. The Morgan fingerprint density at radius 3 is 2.52 bits per heavy atom. The van der Waals surface area contributed by atoms with Gasteiger partial charge >= 0.3 is 0 Å². The molecule has 1 aromatic heterocycles. The Kier molecular flexibility index (Phi) is 7.27. The molecule has 3 aromatic rings. The number of carbonyl (C=O) groups is 1. The van der Waals surface area contributed by atoms with Crippen LogP contribution in [0, 0.1) is 0 Å². The van der Waals surface area contributed by atoms with Crippen molar-refractivity contribution in [2.75, 3.05) is 27.8 Å². The molecule has 29 heavy (non-hydrogen) atoms. The first-order valence-corrected chi connectivity index (χ1v) is 10.4. The summed E-state index contributed by atoms with van der Waals surface area (Å²) < 4.78 is 10.7. The molecule has 2 aromatic carbocycles. The third-order valence-corrected chi connectivity index (χ3v) is 5.65. The molecule has 0 aliphatic carbocycles. The average molecular weight is 412 g/mol. The first-order chi connectivity index (χ1) is 14.1. The number of amides is 1. The Labute approximate surface area is 175 Å². The molecule has 0 aliphatic heterocycles. The standard InChI is InChI=1S/C23H26N2O3S/c1-25(15-18-11-12-19(27-2)14-20(18)28-3)16-22(26)24-23(21-10-7-13-29-21)17-8-5-4-6-9-17/h4-14,23H,15-16H2,1-3H3,(H,24,26)/p+1/t23-/m1/s1. The van der Waals surface area contributed by atoms with Crippen molar-refractivity contribution < 1.29 is 19.2 Å². The third kappa shape index (κ3) is 5.59. The van der Waals surface area contributed by atoms with E-state index in [1.54, 1.807) is 25.6 Å². The van der Waals surface area contributed by atoms with Gasteiger partial charge in [-0.25, -0.2) is 0 Å². The van der Waals surface area contributed by atoms with Crippen molar-refractivity contribution >= 4 is 17.2 Å². The maximum Gasteiger partial charge on any atom is 0.275 e. The number of nitrogens with one attached hydrogen (secondary N) is 2. The maximum atomic E-state index is 12.8. The van der Waals surface area contributed by atoms with Gasteiger partial charge < -0.3 is 19.7 Å². The molecular weight excluding hydrogens is 384 g/mol. The lowest BCUT2D eigenvalue weighted by Gasteiger charge is -2.20. The molecule has 3 rings (SSSR count). The molecule has 0 saturated heterocycles. The Bertz CT molecular complexity index is 913. The van der Waals surface area contributed by atoms with Crippen LogP contribution in [0.4, 0.5) is 0 Å². The van der Waals surface area contributed by atoms with Crippen LogP contribution in [-0.2, 0) is 11.3 Å². The van der Waals surface area contributed by atoms with E-state index in [4.69, 9.17) is 9.47 Å². The lowest BCUT2D eigenvalue weighted by molar-refractivity contribution is -0.885. The third-order valence-electron chi connectivity index (χ3n) is 4.71. The number of benzene rings is 2. The molecule has 0 saturated carbocycles. The minimum atomic E-state index is -0.132. The molecule has 1 unspecified atom stereocenters. The van der Waals surface area contributed by atoms with Gasteiger partial charge in [0.25, 0.3) is 5.91 Å². The second kappa shape index (κ2) is 10.1. The minimum absolute atomic E-state index is 0.0113. The largest absolute Gasteiger partial charge is 0.497 e. The van der Waals surface area contributed by atoms with Crippen molar-refractivity contribution in [3.05, 3.63) is 82.0 Å². The normalized spacial score (nSPS) is 12.8. The molecule has 1 heterocycles. The molecule has 5 nitrogen and oxygen atoms in total. The Morgan fingerprint density at radius 1 is 1.07 bits per heavy atom. The molecular formula is C23H27N2O3S+. The predicted molar refractivity (Wildman–Crippen MR) is 116 cm³/mol. The number of hydrogen-bond donors (Lipinski definition) is 2. The van der Waals surface area contributed by atoms with Gasteiger partial charge in [-0.15, -0.1) is 11.3 Å². The van der Waals surface area contributed by atoms with Crippen molar-refractivity contribution in [2.24, 2.45) is 0 Å². The van der Waals surface area contributed by atoms with Crippen molar-refractivity contribution in [1.29, 1.82) is 0 Å². The topological polar surface area (TPSA) is 52.0 Å². The fourth-order valence-electron chi connectivity index (χ4n) is 3.29. The van der Waals surface area contributed by atoms with Crippen LogP contribution >= 0.6 is 11.3 Å². The van der Waals surface area contributed by atoms with Crippen LogP contribution in [0.25, 0.3) is 0 Å². The number of carbonyl (C=O) groups excluding carboxylic acids is 1. The average Bonchev–Trinajstić information content (AvgIpc) is 3.27. The van der Waals surface area contributed by atoms with Crippen LogP contribution in [0.2, 0.25) is 0 Å². The molecule has 0 aliphatic rings. The zero-order chi connectivity index (χ0) is 20.6. The van der Waals surface area contributed by atoms with E-state index >= 15 is 0 Å². The molecule has 2 N–H and O–H groups in total. The number of methoxy groups -OCH3 is 2. The summed E-state index contributed by atoms with van der Waals surface area (Å²) in [6, 6.07) is 19.8. The quantitative estimate of drug-likeness (QED) is 0.569. The van der Waals surface area contributed by atoms with Crippen molar-refractivity contribution in [2.45, 2.75) is 12.6 Å². The minimum Gasteiger partial charge on any atom is -0.497 e. The van der Waals surface area contributed by atoms with E-state index in [1.165, 1.54) is 0 Å². The lowest BCUT2D eigenvalue weighted by atomic mass is 10.1. The first-order valence-electron chi connectivity index (χ1n) is 9.50. The van der Waals surface area contributed by atoms with Crippen LogP contribution < -0.4 is 19.7 Å². The molecule has 2 atom stereocenters. The number of likely N-dealkylation sites (N-methyl/N-ethyl adjacent to an activating group) is 1. The van der Waals surface area contributed by atoms with Gasteiger partial charge in [0, 0.05) is 16.5 Å². The monoisotopic (exact) mass is 411 g/mol. The van der Waals surface area contributed by atoms with E-state index < -0.39 is 0 Å². The highest BCUT2D eigenvalue weighted by Crippen LogP contribution is 2.26. The van der Waals surface area contributed by atoms with Gasteiger partial charge in [-0.3, -0.25) is 4.79 Å². The van der Waals surface area contributed by atoms with Crippen molar-refractivity contribution in [3.8, 4) is 11.5 Å². The van der Waals surface area contributed by atoms with Gasteiger partial charge in [-0.2, -0.15) is 0 Å². The summed E-state index contributed by atoms with van der Waals surface area (Å²) in [7, 11) is 5.28. The van der Waals surface area contributed by atoms with E-state index in [2.05, 4.69) is 11.4 Å². The van der Waals surface area contributed by atoms with Crippen LogP contribution in [0.5, 0.6) is 11.5 Å². The molecule has 6 heteroatoms. The predicted octanol–water partition coefficient (Wildman–Crippen LogP) is 2.69. The molecule has 0 radical (unpaired) electrons. The highest BCUT2D eigenvalue weighted by atomic mass is 32.1. The van der Waals surface area contributed by atoms with Crippen LogP contribution in [0.1, 0.15) is 22.0 Å². The number of rotatable bonds is 9. The lowest BCUT2D eigenvalue weighted by Crippen LogP contribution is -3.08.